The Morgan fingerprint density at radius 2 is 1.94 bits per heavy atom. The maximum atomic E-state index is 13.0. The summed E-state index contributed by atoms with van der Waals surface area (Å²) in [6, 6.07) is 9.54. The first-order chi connectivity index (χ1) is 15.7. The molecule has 1 aromatic carbocycles. The van der Waals surface area contributed by atoms with Crippen LogP contribution in [0.1, 0.15) is 58.4 Å². The lowest BCUT2D eigenvalue weighted by Gasteiger charge is -2.29. The van der Waals surface area contributed by atoms with Crippen molar-refractivity contribution in [1.82, 2.24) is 10.6 Å². The van der Waals surface area contributed by atoms with Gasteiger partial charge in [0.05, 0.1) is 24.0 Å². The molecule has 1 heterocycles. The molecule has 0 radical (unpaired) electrons. The molecule has 2 amide bonds. The Bertz CT molecular complexity index is 806. The highest BCUT2D eigenvalue weighted by Crippen LogP contribution is 2.20. The lowest BCUT2D eigenvalue weighted by molar-refractivity contribution is -0.151. The molecule has 0 saturated carbocycles. The van der Waals surface area contributed by atoms with Gasteiger partial charge in [-0.25, -0.2) is 0 Å². The molecule has 2 rings (SSSR count). The number of amides is 2. The van der Waals surface area contributed by atoms with E-state index in [1.165, 1.54) is 0 Å². The Kier molecular flexibility index (Phi) is 10.6. The third-order valence-corrected chi connectivity index (χ3v) is 5.69. The first kappa shape index (κ1) is 26.6. The molecule has 0 fully saturated rings. The smallest absolute Gasteiger partial charge is 0.309 e. The fourth-order valence-electron chi connectivity index (χ4n) is 3.79. The standard InChI is InChI=1S/C26H38N2O5/c1-19(17-29)27-23(30)16-21-13-9-4-5-10-14-22(15-20-11-7-6-8-12-20)25(32)33-18-26(2,3)28-24(21)31/h4,6-9,11-12,19,21-22,29H,5,10,13-18H2,1-3H3,(H,27,30)(H,28,31)/t19-,21+,22+/m0/s1. The van der Waals surface area contributed by atoms with Gasteiger partial charge in [-0.05, 0) is 58.4 Å². The predicted octanol–water partition coefficient (Wildman–Crippen LogP) is 2.92. The average molecular weight is 459 g/mol. The molecule has 0 spiro atoms. The van der Waals surface area contributed by atoms with Gasteiger partial charge in [-0.2, -0.15) is 0 Å². The van der Waals surface area contributed by atoms with Crippen molar-refractivity contribution in [1.29, 1.82) is 0 Å². The maximum absolute atomic E-state index is 13.0. The fourth-order valence-corrected chi connectivity index (χ4v) is 3.79. The van der Waals surface area contributed by atoms with E-state index in [0.29, 0.717) is 12.8 Å². The van der Waals surface area contributed by atoms with Crippen molar-refractivity contribution in [2.75, 3.05) is 13.2 Å². The second-order valence-electron chi connectivity index (χ2n) is 9.56. The Balaban J connectivity index is 2.09. The van der Waals surface area contributed by atoms with Crippen LogP contribution < -0.4 is 10.6 Å². The van der Waals surface area contributed by atoms with Crippen LogP contribution in [0.3, 0.4) is 0 Å². The Hall–Kier alpha value is -2.67. The van der Waals surface area contributed by atoms with E-state index in [1.807, 2.05) is 42.5 Å². The number of rotatable bonds is 6. The highest BCUT2D eigenvalue weighted by molar-refractivity contribution is 5.86. The molecule has 1 aliphatic rings. The minimum atomic E-state index is -0.773. The molecule has 3 N–H and O–H groups in total. The molecule has 1 aliphatic heterocycles. The highest BCUT2D eigenvalue weighted by atomic mass is 16.5. The fraction of sp³-hybridized carbons (Fsp3) is 0.577. The zero-order chi connectivity index (χ0) is 24.3. The predicted molar refractivity (Wildman–Crippen MR) is 127 cm³/mol. The van der Waals surface area contributed by atoms with Crippen molar-refractivity contribution in [2.24, 2.45) is 11.8 Å². The first-order valence-corrected chi connectivity index (χ1v) is 11.8. The van der Waals surface area contributed by atoms with Crippen LogP contribution in [-0.4, -0.2) is 47.7 Å². The summed E-state index contributed by atoms with van der Waals surface area (Å²) in [6.45, 7) is 5.20. The minimum Gasteiger partial charge on any atom is -0.463 e. The molecule has 7 nitrogen and oxygen atoms in total. The van der Waals surface area contributed by atoms with E-state index in [0.717, 1.165) is 24.8 Å². The van der Waals surface area contributed by atoms with Gasteiger partial charge in [-0.3, -0.25) is 14.4 Å². The molecule has 0 unspecified atom stereocenters. The summed E-state index contributed by atoms with van der Waals surface area (Å²) in [5.74, 6) is -1.57. The summed E-state index contributed by atoms with van der Waals surface area (Å²) < 4.78 is 5.64. The molecular weight excluding hydrogens is 420 g/mol. The largest absolute Gasteiger partial charge is 0.463 e. The van der Waals surface area contributed by atoms with Crippen molar-refractivity contribution >= 4 is 17.8 Å². The third kappa shape index (κ3) is 9.78. The number of carbonyl (C=O) groups is 3. The molecule has 0 bridgehead atoms. The van der Waals surface area contributed by atoms with Crippen molar-refractivity contribution in [2.45, 2.75) is 70.9 Å². The van der Waals surface area contributed by atoms with Gasteiger partial charge < -0.3 is 20.5 Å². The molecule has 0 saturated heterocycles. The number of esters is 1. The summed E-state index contributed by atoms with van der Waals surface area (Å²) in [5.41, 5.74) is 0.325. The van der Waals surface area contributed by atoms with E-state index in [2.05, 4.69) is 10.6 Å². The van der Waals surface area contributed by atoms with E-state index < -0.39 is 11.5 Å². The second kappa shape index (κ2) is 13.1. The SMILES string of the molecule is C[C@@H](CO)NC(=O)C[C@H]1CC=CCCC[C@H](Cc2ccccc2)C(=O)OCC(C)(C)NC1=O. The van der Waals surface area contributed by atoms with Crippen LogP contribution in [0.25, 0.3) is 0 Å². The molecule has 3 atom stereocenters. The summed E-state index contributed by atoms with van der Waals surface area (Å²) in [4.78, 5) is 38.1. The van der Waals surface area contributed by atoms with Crippen molar-refractivity contribution in [3.63, 3.8) is 0 Å². The van der Waals surface area contributed by atoms with Gasteiger partial charge in [-0.15, -0.1) is 0 Å². The van der Waals surface area contributed by atoms with E-state index in [9.17, 15) is 14.4 Å². The summed E-state index contributed by atoms with van der Waals surface area (Å²) in [5, 5.41) is 14.8. The minimum absolute atomic E-state index is 0.0233. The number of allylic oxidation sites excluding steroid dienone is 2. The monoisotopic (exact) mass is 458 g/mol. The van der Waals surface area contributed by atoms with Crippen molar-refractivity contribution < 1.29 is 24.2 Å². The van der Waals surface area contributed by atoms with E-state index in [4.69, 9.17) is 9.84 Å². The number of hydrogen-bond donors (Lipinski definition) is 3. The second-order valence-corrected chi connectivity index (χ2v) is 9.56. The molecule has 0 aromatic heterocycles. The number of benzene rings is 1. The van der Waals surface area contributed by atoms with Gasteiger partial charge in [0.25, 0.3) is 0 Å². The molecular formula is C26H38N2O5. The van der Waals surface area contributed by atoms with Crippen molar-refractivity contribution in [3.05, 3.63) is 48.0 Å². The normalized spacial score (nSPS) is 23.0. The Labute approximate surface area is 197 Å². The van der Waals surface area contributed by atoms with Crippen LogP contribution in [0.2, 0.25) is 0 Å². The lowest BCUT2D eigenvalue weighted by atomic mass is 9.93. The van der Waals surface area contributed by atoms with Gasteiger partial charge in [-0.1, -0.05) is 42.5 Å². The zero-order valence-electron chi connectivity index (χ0n) is 20.0. The maximum Gasteiger partial charge on any atom is 0.309 e. The van der Waals surface area contributed by atoms with Crippen LogP contribution in [-0.2, 0) is 25.5 Å². The number of cyclic esters (lactones) is 1. The highest BCUT2D eigenvalue weighted by Gasteiger charge is 2.30. The molecule has 7 heteroatoms. The van der Waals surface area contributed by atoms with Gasteiger partial charge >= 0.3 is 5.97 Å². The van der Waals surface area contributed by atoms with Gasteiger partial charge in [0.1, 0.15) is 6.61 Å². The number of nitrogens with one attached hydrogen (secondary N) is 2. The zero-order valence-corrected chi connectivity index (χ0v) is 20.0. The average Bonchev–Trinajstić information content (AvgIpc) is 2.77. The van der Waals surface area contributed by atoms with Crippen LogP contribution >= 0.6 is 0 Å². The number of ether oxygens (including phenoxy) is 1. The van der Waals surface area contributed by atoms with E-state index in [1.54, 1.807) is 20.8 Å². The quantitative estimate of drug-likeness (QED) is 0.449. The van der Waals surface area contributed by atoms with Gasteiger partial charge in [0.15, 0.2) is 0 Å². The number of hydrogen-bond acceptors (Lipinski definition) is 5. The Morgan fingerprint density at radius 1 is 1.21 bits per heavy atom. The van der Waals surface area contributed by atoms with Gasteiger partial charge in [0.2, 0.25) is 11.8 Å². The van der Waals surface area contributed by atoms with Crippen LogP contribution in [0.15, 0.2) is 42.5 Å². The summed E-state index contributed by atoms with van der Waals surface area (Å²) >= 11 is 0. The third-order valence-electron chi connectivity index (χ3n) is 5.69. The summed E-state index contributed by atoms with van der Waals surface area (Å²) in [6.07, 6.45) is 7.37. The molecule has 33 heavy (non-hydrogen) atoms. The van der Waals surface area contributed by atoms with Crippen LogP contribution in [0, 0.1) is 11.8 Å². The first-order valence-electron chi connectivity index (χ1n) is 11.8. The van der Waals surface area contributed by atoms with Crippen molar-refractivity contribution in [3.8, 4) is 0 Å². The van der Waals surface area contributed by atoms with Gasteiger partial charge in [0, 0.05) is 12.5 Å². The number of carbonyl (C=O) groups excluding carboxylic acids is 3. The number of aliphatic hydroxyl groups excluding tert-OH is 1. The lowest BCUT2D eigenvalue weighted by Crippen LogP contribution is -2.50. The topological polar surface area (TPSA) is 105 Å². The number of aliphatic hydroxyl groups is 1. The Morgan fingerprint density at radius 3 is 2.64 bits per heavy atom. The van der Waals surface area contributed by atoms with E-state index in [-0.39, 0.29) is 49.4 Å². The molecule has 0 aliphatic carbocycles. The summed E-state index contributed by atoms with van der Waals surface area (Å²) in [7, 11) is 0. The van der Waals surface area contributed by atoms with E-state index >= 15 is 0 Å². The van der Waals surface area contributed by atoms with Crippen LogP contribution in [0.4, 0.5) is 0 Å². The molecule has 1 aromatic rings. The molecule has 182 valence electrons. The van der Waals surface area contributed by atoms with Crippen LogP contribution in [0.5, 0.6) is 0 Å².